The number of nitrogens with two attached hydrogens (primary N) is 1. The van der Waals surface area contributed by atoms with Crippen LogP contribution in [0.1, 0.15) is 11.1 Å². The van der Waals surface area contributed by atoms with Gasteiger partial charge in [0.1, 0.15) is 11.6 Å². The molecule has 0 aliphatic heterocycles. The van der Waals surface area contributed by atoms with E-state index in [9.17, 15) is 13.0 Å². The molecule has 0 aromatic heterocycles. The van der Waals surface area contributed by atoms with Gasteiger partial charge in [0.15, 0.2) is 0 Å². The van der Waals surface area contributed by atoms with E-state index in [2.05, 4.69) is 0 Å². The van der Waals surface area contributed by atoms with Gasteiger partial charge >= 0.3 is 0 Å². The molecule has 1 atom stereocenters. The summed E-state index contributed by atoms with van der Waals surface area (Å²) in [7, 11) is -1.40. The Kier molecular flexibility index (Phi) is 4.39. The van der Waals surface area contributed by atoms with Crippen molar-refractivity contribution in [1.82, 2.24) is 0 Å². The number of hydrogen-bond acceptors (Lipinski definition) is 2. The topological polar surface area (TPSA) is 43.1 Å². The Bertz CT molecular complexity index is 599. The summed E-state index contributed by atoms with van der Waals surface area (Å²) in [5.41, 5.74) is 6.46. The number of benzene rings is 2. The molecule has 1 unspecified atom stereocenters. The number of rotatable bonds is 4. The van der Waals surface area contributed by atoms with E-state index in [1.54, 1.807) is 12.1 Å². The van der Waals surface area contributed by atoms with Crippen molar-refractivity contribution in [3.05, 3.63) is 65.2 Å². The van der Waals surface area contributed by atoms with Crippen LogP contribution in [0, 0.1) is 11.6 Å². The maximum absolute atomic E-state index is 13.7. The first-order valence-electron chi connectivity index (χ1n) is 5.71. The number of hydrogen-bond donors (Lipinski definition) is 1. The molecule has 19 heavy (non-hydrogen) atoms. The highest BCUT2D eigenvalue weighted by Crippen LogP contribution is 2.16. The van der Waals surface area contributed by atoms with Gasteiger partial charge in [-0.3, -0.25) is 4.21 Å². The van der Waals surface area contributed by atoms with Crippen LogP contribution in [-0.2, 0) is 23.1 Å². The summed E-state index contributed by atoms with van der Waals surface area (Å²) in [6.45, 7) is 0.262. The first kappa shape index (κ1) is 13.8. The zero-order valence-corrected chi connectivity index (χ0v) is 10.9. The third-order valence-corrected chi connectivity index (χ3v) is 4.09. The van der Waals surface area contributed by atoms with Crippen molar-refractivity contribution in [3.63, 3.8) is 0 Å². The van der Waals surface area contributed by atoms with Crippen LogP contribution < -0.4 is 5.73 Å². The number of halogens is 2. The molecule has 0 spiro atoms. The largest absolute Gasteiger partial charge is 0.326 e. The van der Waals surface area contributed by atoms with E-state index in [0.717, 1.165) is 0 Å². The smallest absolute Gasteiger partial charge is 0.127 e. The van der Waals surface area contributed by atoms with Crippen LogP contribution in [0.15, 0.2) is 47.4 Å². The van der Waals surface area contributed by atoms with Crippen molar-refractivity contribution in [2.75, 3.05) is 0 Å². The maximum Gasteiger partial charge on any atom is 0.127 e. The third kappa shape index (κ3) is 3.45. The Balaban J connectivity index is 2.17. The molecule has 0 fully saturated rings. The van der Waals surface area contributed by atoms with Crippen LogP contribution in [0.3, 0.4) is 0 Å². The maximum atomic E-state index is 13.7. The molecule has 2 aromatic rings. The van der Waals surface area contributed by atoms with Gasteiger partial charge in [-0.05, 0) is 35.9 Å². The molecule has 0 saturated carbocycles. The van der Waals surface area contributed by atoms with Crippen molar-refractivity contribution < 1.29 is 13.0 Å². The third-order valence-electron chi connectivity index (χ3n) is 2.72. The van der Waals surface area contributed by atoms with Crippen LogP contribution in [0.5, 0.6) is 0 Å². The van der Waals surface area contributed by atoms with E-state index < -0.39 is 16.6 Å². The van der Waals surface area contributed by atoms with E-state index in [0.29, 0.717) is 16.0 Å². The summed E-state index contributed by atoms with van der Waals surface area (Å²) in [6.07, 6.45) is 0. The van der Waals surface area contributed by atoms with Crippen molar-refractivity contribution in [1.29, 1.82) is 0 Å². The molecule has 0 amide bonds. The molecule has 0 aliphatic carbocycles. The molecule has 0 bridgehead atoms. The van der Waals surface area contributed by atoms with Crippen LogP contribution in [0.4, 0.5) is 8.78 Å². The molecule has 0 saturated heterocycles. The second-order valence-corrected chi connectivity index (χ2v) is 5.52. The first-order chi connectivity index (χ1) is 9.10. The molecular weight excluding hydrogens is 268 g/mol. The SMILES string of the molecule is NCc1ccc(CS(=O)c2ccc(F)cc2)c(F)c1. The minimum atomic E-state index is -1.40. The molecule has 5 heteroatoms. The van der Waals surface area contributed by atoms with Crippen LogP contribution in [0.2, 0.25) is 0 Å². The summed E-state index contributed by atoms with van der Waals surface area (Å²) in [5.74, 6) is -0.750. The van der Waals surface area contributed by atoms with Gasteiger partial charge in [0.05, 0.1) is 16.6 Å². The predicted molar refractivity (Wildman–Crippen MR) is 70.8 cm³/mol. The van der Waals surface area contributed by atoms with Crippen molar-refractivity contribution >= 4 is 10.8 Å². The van der Waals surface area contributed by atoms with Gasteiger partial charge in [-0.2, -0.15) is 0 Å². The zero-order chi connectivity index (χ0) is 13.8. The summed E-state index contributed by atoms with van der Waals surface area (Å²) >= 11 is 0. The molecule has 2 nitrogen and oxygen atoms in total. The molecule has 100 valence electrons. The Morgan fingerprint density at radius 3 is 2.32 bits per heavy atom. The normalized spacial score (nSPS) is 12.4. The first-order valence-corrected chi connectivity index (χ1v) is 7.03. The fourth-order valence-corrected chi connectivity index (χ4v) is 2.77. The van der Waals surface area contributed by atoms with E-state index in [1.807, 2.05) is 0 Å². The van der Waals surface area contributed by atoms with E-state index in [1.165, 1.54) is 30.3 Å². The highest BCUT2D eigenvalue weighted by Gasteiger charge is 2.09. The van der Waals surface area contributed by atoms with E-state index in [-0.39, 0.29) is 18.1 Å². The second kappa shape index (κ2) is 6.04. The average molecular weight is 281 g/mol. The van der Waals surface area contributed by atoms with E-state index in [4.69, 9.17) is 5.73 Å². The highest BCUT2D eigenvalue weighted by atomic mass is 32.2. The molecule has 0 aliphatic rings. The van der Waals surface area contributed by atoms with Gasteiger partial charge in [0.2, 0.25) is 0 Å². The summed E-state index contributed by atoms with van der Waals surface area (Å²) in [4.78, 5) is 0.476. The monoisotopic (exact) mass is 281 g/mol. The quantitative estimate of drug-likeness (QED) is 0.936. The minimum absolute atomic E-state index is 0.0579. The van der Waals surface area contributed by atoms with Crippen molar-refractivity contribution in [3.8, 4) is 0 Å². The molecule has 2 N–H and O–H groups in total. The van der Waals surface area contributed by atoms with Gasteiger partial charge in [-0.1, -0.05) is 12.1 Å². The lowest BCUT2D eigenvalue weighted by molar-refractivity contribution is 0.612. The van der Waals surface area contributed by atoms with Crippen molar-refractivity contribution in [2.24, 2.45) is 5.73 Å². The molecule has 2 aromatic carbocycles. The Morgan fingerprint density at radius 2 is 1.74 bits per heavy atom. The lowest BCUT2D eigenvalue weighted by Crippen LogP contribution is -2.02. The van der Waals surface area contributed by atoms with Crippen LogP contribution >= 0.6 is 0 Å². The Morgan fingerprint density at radius 1 is 1.05 bits per heavy atom. The van der Waals surface area contributed by atoms with Gasteiger partial charge in [-0.15, -0.1) is 0 Å². The Hall–Kier alpha value is -1.59. The summed E-state index contributed by atoms with van der Waals surface area (Å²) < 4.78 is 38.5. The summed E-state index contributed by atoms with van der Waals surface area (Å²) in [5, 5.41) is 0. The van der Waals surface area contributed by atoms with E-state index >= 15 is 0 Å². The van der Waals surface area contributed by atoms with Crippen LogP contribution in [-0.4, -0.2) is 4.21 Å². The van der Waals surface area contributed by atoms with Crippen LogP contribution in [0.25, 0.3) is 0 Å². The molecular formula is C14H13F2NOS. The standard InChI is InChI=1S/C14H13F2NOS/c15-12-3-5-13(6-4-12)19(18)9-11-2-1-10(8-17)7-14(11)16/h1-7H,8-9,17H2. The lowest BCUT2D eigenvalue weighted by atomic mass is 10.1. The minimum Gasteiger partial charge on any atom is -0.326 e. The van der Waals surface area contributed by atoms with Crippen molar-refractivity contribution in [2.45, 2.75) is 17.2 Å². The second-order valence-electron chi connectivity index (χ2n) is 4.07. The fourth-order valence-electron chi connectivity index (χ4n) is 1.65. The van der Waals surface area contributed by atoms with Gasteiger partial charge < -0.3 is 5.73 Å². The highest BCUT2D eigenvalue weighted by molar-refractivity contribution is 7.84. The van der Waals surface area contributed by atoms with Gasteiger partial charge in [-0.25, -0.2) is 8.78 Å². The van der Waals surface area contributed by atoms with Gasteiger partial charge in [0, 0.05) is 17.0 Å². The Labute approximate surface area is 112 Å². The average Bonchev–Trinajstić information content (AvgIpc) is 2.41. The lowest BCUT2D eigenvalue weighted by Gasteiger charge is -2.05. The molecule has 2 rings (SSSR count). The molecule has 0 heterocycles. The predicted octanol–water partition coefficient (Wildman–Crippen LogP) is 2.73. The zero-order valence-electron chi connectivity index (χ0n) is 10.1. The molecule has 0 radical (unpaired) electrons. The fraction of sp³-hybridized carbons (Fsp3) is 0.143. The summed E-state index contributed by atoms with van der Waals surface area (Å²) in [6, 6.07) is 9.99. The van der Waals surface area contributed by atoms with Gasteiger partial charge in [0.25, 0.3) is 0 Å².